The standard InChI is InChI=1S/C14H16BrNO3/c1-9(2)19-14(18)8-16-12-5-4-11(15)7-10(12)3-6-13(16)17/h4-5,7,9H,3,6,8H2,1-2H3. The number of esters is 1. The molecule has 5 heteroatoms. The van der Waals surface area contributed by atoms with E-state index in [1.807, 2.05) is 18.2 Å². The van der Waals surface area contributed by atoms with Crippen LogP contribution in [0.4, 0.5) is 5.69 Å². The summed E-state index contributed by atoms with van der Waals surface area (Å²) in [5.74, 6) is -0.408. The quantitative estimate of drug-likeness (QED) is 0.803. The number of ether oxygens (including phenoxy) is 1. The third-order valence-electron chi connectivity index (χ3n) is 2.90. The van der Waals surface area contributed by atoms with E-state index in [4.69, 9.17) is 4.74 Å². The second kappa shape index (κ2) is 5.74. The normalized spacial score (nSPS) is 14.5. The van der Waals surface area contributed by atoms with Crippen molar-refractivity contribution in [3.05, 3.63) is 28.2 Å². The lowest BCUT2D eigenvalue weighted by atomic mass is 10.0. The summed E-state index contributed by atoms with van der Waals surface area (Å²) >= 11 is 3.41. The number of halogens is 1. The zero-order valence-corrected chi connectivity index (χ0v) is 12.6. The minimum Gasteiger partial charge on any atom is -0.462 e. The lowest BCUT2D eigenvalue weighted by Gasteiger charge is -2.29. The second-order valence-corrected chi connectivity index (χ2v) is 5.71. The molecule has 4 nitrogen and oxygen atoms in total. The van der Waals surface area contributed by atoms with Gasteiger partial charge in [0.1, 0.15) is 6.54 Å². The minimum absolute atomic E-state index is 0.0222. The number of hydrogen-bond acceptors (Lipinski definition) is 3. The highest BCUT2D eigenvalue weighted by atomic mass is 79.9. The third kappa shape index (κ3) is 3.35. The van der Waals surface area contributed by atoms with Crippen LogP contribution in [-0.2, 0) is 20.7 Å². The summed E-state index contributed by atoms with van der Waals surface area (Å²) in [4.78, 5) is 25.2. The predicted octanol–water partition coefficient (Wildman–Crippen LogP) is 2.68. The van der Waals surface area contributed by atoms with Gasteiger partial charge in [-0.25, -0.2) is 0 Å². The smallest absolute Gasteiger partial charge is 0.326 e. The SMILES string of the molecule is CC(C)OC(=O)CN1C(=O)CCc2cc(Br)ccc21. The molecule has 1 heterocycles. The number of fused-ring (bicyclic) bond motifs is 1. The number of rotatable bonds is 3. The summed E-state index contributed by atoms with van der Waals surface area (Å²) in [7, 11) is 0. The lowest BCUT2D eigenvalue weighted by Crippen LogP contribution is -2.40. The van der Waals surface area contributed by atoms with Crippen molar-refractivity contribution in [1.29, 1.82) is 0 Å². The average Bonchev–Trinajstić information content (AvgIpc) is 2.32. The van der Waals surface area contributed by atoms with Crippen LogP contribution in [0.2, 0.25) is 0 Å². The fraction of sp³-hybridized carbons (Fsp3) is 0.429. The number of anilines is 1. The van der Waals surface area contributed by atoms with Crippen LogP contribution in [0.5, 0.6) is 0 Å². The van der Waals surface area contributed by atoms with E-state index in [1.54, 1.807) is 13.8 Å². The first-order valence-corrected chi connectivity index (χ1v) is 7.05. The molecule has 0 unspecified atom stereocenters. The van der Waals surface area contributed by atoms with Gasteiger partial charge in [-0.05, 0) is 44.0 Å². The van der Waals surface area contributed by atoms with Crippen LogP contribution in [0.25, 0.3) is 0 Å². The van der Waals surface area contributed by atoms with Crippen LogP contribution in [-0.4, -0.2) is 24.5 Å². The number of hydrogen-bond donors (Lipinski definition) is 0. The monoisotopic (exact) mass is 325 g/mol. The summed E-state index contributed by atoms with van der Waals surface area (Å²) in [6, 6.07) is 5.72. The highest BCUT2D eigenvalue weighted by molar-refractivity contribution is 9.10. The number of carbonyl (C=O) groups is 2. The molecule has 1 aromatic rings. The van der Waals surface area contributed by atoms with Crippen LogP contribution in [0.1, 0.15) is 25.8 Å². The molecule has 1 aliphatic rings. The summed E-state index contributed by atoms with van der Waals surface area (Å²) in [5, 5.41) is 0. The molecule has 0 fully saturated rings. The molecule has 19 heavy (non-hydrogen) atoms. The van der Waals surface area contributed by atoms with Crippen molar-refractivity contribution in [2.75, 3.05) is 11.4 Å². The number of nitrogens with zero attached hydrogens (tertiary/aromatic N) is 1. The summed E-state index contributed by atoms with van der Waals surface area (Å²) in [5.41, 5.74) is 1.88. The first kappa shape index (κ1) is 14.1. The predicted molar refractivity (Wildman–Crippen MR) is 76.0 cm³/mol. The van der Waals surface area contributed by atoms with Gasteiger partial charge in [0.05, 0.1) is 6.10 Å². The van der Waals surface area contributed by atoms with Crippen LogP contribution < -0.4 is 4.90 Å². The summed E-state index contributed by atoms with van der Waals surface area (Å²) in [6.45, 7) is 3.56. The van der Waals surface area contributed by atoms with Gasteiger partial charge in [-0.3, -0.25) is 9.59 Å². The Labute approximate surface area is 120 Å². The fourth-order valence-electron chi connectivity index (χ4n) is 2.13. The van der Waals surface area contributed by atoms with Crippen LogP contribution in [0, 0.1) is 0 Å². The van der Waals surface area contributed by atoms with Crippen molar-refractivity contribution < 1.29 is 14.3 Å². The van der Waals surface area contributed by atoms with Crippen LogP contribution in [0.15, 0.2) is 22.7 Å². The van der Waals surface area contributed by atoms with Crippen LogP contribution >= 0.6 is 15.9 Å². The molecule has 0 spiro atoms. The van der Waals surface area contributed by atoms with Gasteiger partial charge in [0.2, 0.25) is 5.91 Å². The number of amides is 1. The van der Waals surface area contributed by atoms with Crippen molar-refractivity contribution in [2.45, 2.75) is 32.8 Å². The molecule has 102 valence electrons. The minimum atomic E-state index is -0.376. The highest BCUT2D eigenvalue weighted by Crippen LogP contribution is 2.30. The maximum atomic E-state index is 12.0. The maximum Gasteiger partial charge on any atom is 0.326 e. The maximum absolute atomic E-state index is 12.0. The van der Waals surface area contributed by atoms with Crippen molar-refractivity contribution in [2.24, 2.45) is 0 Å². The number of benzene rings is 1. The highest BCUT2D eigenvalue weighted by Gasteiger charge is 2.26. The van der Waals surface area contributed by atoms with E-state index in [0.717, 1.165) is 15.7 Å². The molecule has 0 N–H and O–H groups in total. The second-order valence-electron chi connectivity index (χ2n) is 4.79. The average molecular weight is 326 g/mol. The molecule has 0 atom stereocenters. The van der Waals surface area contributed by atoms with E-state index in [2.05, 4.69) is 15.9 Å². The molecule has 0 bridgehead atoms. The Morgan fingerprint density at radius 2 is 2.16 bits per heavy atom. The number of aryl methyl sites for hydroxylation is 1. The molecule has 1 aromatic carbocycles. The number of carbonyl (C=O) groups excluding carboxylic acids is 2. The van der Waals surface area contributed by atoms with E-state index in [-0.39, 0.29) is 24.5 Å². The largest absolute Gasteiger partial charge is 0.462 e. The Kier molecular flexibility index (Phi) is 4.24. The Morgan fingerprint density at radius 1 is 1.42 bits per heavy atom. The third-order valence-corrected chi connectivity index (χ3v) is 3.39. The van der Waals surface area contributed by atoms with E-state index in [9.17, 15) is 9.59 Å². The first-order valence-electron chi connectivity index (χ1n) is 6.25. The van der Waals surface area contributed by atoms with E-state index >= 15 is 0 Å². The topological polar surface area (TPSA) is 46.6 Å². The fourth-order valence-corrected chi connectivity index (χ4v) is 2.54. The molecule has 2 rings (SSSR count). The van der Waals surface area contributed by atoms with Crippen molar-refractivity contribution in [1.82, 2.24) is 0 Å². The van der Waals surface area contributed by atoms with Crippen molar-refractivity contribution >= 4 is 33.5 Å². The van der Waals surface area contributed by atoms with E-state index in [1.165, 1.54) is 4.90 Å². The van der Waals surface area contributed by atoms with E-state index < -0.39 is 0 Å². The van der Waals surface area contributed by atoms with Gasteiger partial charge in [-0.15, -0.1) is 0 Å². The molecular formula is C14H16BrNO3. The molecule has 1 amide bonds. The van der Waals surface area contributed by atoms with Gasteiger partial charge >= 0.3 is 5.97 Å². The lowest BCUT2D eigenvalue weighted by molar-refractivity contribution is -0.146. The van der Waals surface area contributed by atoms with Crippen LogP contribution in [0.3, 0.4) is 0 Å². The van der Waals surface area contributed by atoms with Gasteiger partial charge in [-0.1, -0.05) is 15.9 Å². The van der Waals surface area contributed by atoms with Gasteiger partial charge < -0.3 is 9.64 Å². The zero-order valence-electron chi connectivity index (χ0n) is 11.0. The van der Waals surface area contributed by atoms with Crippen molar-refractivity contribution in [3.63, 3.8) is 0 Å². The Morgan fingerprint density at radius 3 is 2.84 bits per heavy atom. The molecule has 1 aliphatic heterocycles. The van der Waals surface area contributed by atoms with Crippen molar-refractivity contribution in [3.8, 4) is 0 Å². The first-order chi connectivity index (χ1) is 8.97. The molecule has 0 saturated heterocycles. The molecule has 0 aromatic heterocycles. The summed E-state index contributed by atoms with van der Waals surface area (Å²) in [6.07, 6.45) is 0.971. The molecular weight excluding hydrogens is 310 g/mol. The summed E-state index contributed by atoms with van der Waals surface area (Å²) < 4.78 is 6.08. The Balaban J connectivity index is 2.21. The van der Waals surface area contributed by atoms with Gasteiger partial charge in [0.25, 0.3) is 0 Å². The van der Waals surface area contributed by atoms with Gasteiger partial charge in [-0.2, -0.15) is 0 Å². The van der Waals surface area contributed by atoms with Gasteiger partial charge in [0.15, 0.2) is 0 Å². The Bertz CT molecular complexity index is 513. The Hall–Kier alpha value is -1.36. The molecule has 0 radical (unpaired) electrons. The molecule has 0 saturated carbocycles. The molecule has 0 aliphatic carbocycles. The van der Waals surface area contributed by atoms with E-state index in [0.29, 0.717) is 12.8 Å². The zero-order chi connectivity index (χ0) is 14.0. The van der Waals surface area contributed by atoms with Gasteiger partial charge in [0, 0.05) is 16.6 Å².